The van der Waals surface area contributed by atoms with Crippen molar-refractivity contribution in [3.63, 3.8) is 0 Å². The van der Waals surface area contributed by atoms with Crippen molar-refractivity contribution in [1.29, 1.82) is 0 Å². The van der Waals surface area contributed by atoms with E-state index in [-0.39, 0.29) is 48.9 Å². The zero-order valence-corrected chi connectivity index (χ0v) is 21.0. The molecule has 0 heterocycles. The monoisotopic (exact) mass is 502 g/mol. The van der Waals surface area contributed by atoms with Crippen LogP contribution in [0.15, 0.2) is 23.7 Å². The molecule has 12 heteroatoms. The maximum absolute atomic E-state index is 11.8. The van der Waals surface area contributed by atoms with E-state index in [9.17, 15) is 19.2 Å². The lowest BCUT2D eigenvalue weighted by Crippen LogP contribution is -2.36. The maximum Gasteiger partial charge on any atom is 0.407 e. The van der Waals surface area contributed by atoms with Crippen molar-refractivity contribution in [3.05, 3.63) is 23.7 Å². The maximum atomic E-state index is 11.8. The zero-order chi connectivity index (χ0) is 26.9. The highest BCUT2D eigenvalue weighted by molar-refractivity contribution is 5.85. The fourth-order valence-electron chi connectivity index (χ4n) is 2.79. The van der Waals surface area contributed by atoms with E-state index in [4.69, 9.17) is 29.2 Å². The Morgan fingerprint density at radius 3 is 1.74 bits per heavy atom. The van der Waals surface area contributed by atoms with Gasteiger partial charge in [-0.2, -0.15) is 0 Å². The van der Waals surface area contributed by atoms with Gasteiger partial charge in [0.05, 0.1) is 23.7 Å². The Hall–Kier alpha value is -3.44. The van der Waals surface area contributed by atoms with E-state index in [1.165, 1.54) is 13.8 Å². The summed E-state index contributed by atoms with van der Waals surface area (Å²) in [6.45, 7) is 9.72. The van der Waals surface area contributed by atoms with Crippen LogP contribution in [-0.2, 0) is 28.5 Å². The van der Waals surface area contributed by atoms with Crippen LogP contribution in [0.1, 0.15) is 47.5 Å². The number of rotatable bonds is 17. The van der Waals surface area contributed by atoms with Crippen molar-refractivity contribution >= 4 is 24.1 Å². The van der Waals surface area contributed by atoms with Crippen molar-refractivity contribution < 1.29 is 48.3 Å². The molecule has 200 valence electrons. The summed E-state index contributed by atoms with van der Waals surface area (Å²) in [5.74, 6) is -1.91. The number of carboxylic acids is 2. The SMILES string of the molecule is CC(=COCCOC(=O)NCCC(C)CC(C)(C)CNC(=O)OCCOC=C(C)C(=O)O)C(=O)O. The summed E-state index contributed by atoms with van der Waals surface area (Å²) in [7, 11) is 0. The number of hydrogen-bond acceptors (Lipinski definition) is 8. The molecule has 4 N–H and O–H groups in total. The average Bonchev–Trinajstić information content (AvgIpc) is 2.76. The van der Waals surface area contributed by atoms with Crippen LogP contribution in [0.25, 0.3) is 0 Å². The minimum atomic E-state index is -1.08. The first-order valence-corrected chi connectivity index (χ1v) is 11.2. The van der Waals surface area contributed by atoms with E-state index in [0.29, 0.717) is 19.5 Å². The fraction of sp³-hybridized carbons (Fsp3) is 0.652. The molecule has 0 aromatic carbocycles. The molecule has 35 heavy (non-hydrogen) atoms. The van der Waals surface area contributed by atoms with Gasteiger partial charge in [-0.3, -0.25) is 0 Å². The summed E-state index contributed by atoms with van der Waals surface area (Å²) < 4.78 is 19.9. The van der Waals surface area contributed by atoms with Gasteiger partial charge >= 0.3 is 24.1 Å². The Morgan fingerprint density at radius 2 is 1.29 bits per heavy atom. The number of aliphatic carboxylic acids is 2. The molecule has 0 aliphatic heterocycles. The van der Waals surface area contributed by atoms with E-state index in [2.05, 4.69) is 10.6 Å². The van der Waals surface area contributed by atoms with Gasteiger partial charge in [0.15, 0.2) is 0 Å². The molecule has 0 radical (unpaired) electrons. The second-order valence-corrected chi connectivity index (χ2v) is 8.77. The summed E-state index contributed by atoms with van der Waals surface area (Å²) in [4.78, 5) is 44.7. The van der Waals surface area contributed by atoms with Gasteiger partial charge < -0.3 is 39.8 Å². The van der Waals surface area contributed by atoms with Crippen LogP contribution in [0.2, 0.25) is 0 Å². The molecule has 0 rings (SSSR count). The molecular formula is C23H38N2O10. The molecule has 12 nitrogen and oxygen atoms in total. The van der Waals surface area contributed by atoms with E-state index in [1.807, 2.05) is 20.8 Å². The van der Waals surface area contributed by atoms with Crippen LogP contribution < -0.4 is 10.6 Å². The standard InChI is InChI=1S/C23H38N2O10/c1-16(6-7-24-21(30)34-10-8-32-13-17(2)19(26)27)12-23(4,5)15-25-22(31)35-11-9-33-14-18(3)20(28)29/h13-14,16H,6-12,15H2,1-5H3,(H,24,30)(H,25,31)(H,26,27)(H,28,29). The molecule has 1 atom stereocenters. The van der Waals surface area contributed by atoms with Crippen LogP contribution in [0.5, 0.6) is 0 Å². The van der Waals surface area contributed by atoms with Crippen LogP contribution in [0.4, 0.5) is 9.59 Å². The quantitative estimate of drug-likeness (QED) is 0.132. The third kappa shape index (κ3) is 17.7. The number of alkyl carbamates (subject to hydrolysis) is 2. The van der Waals surface area contributed by atoms with E-state index >= 15 is 0 Å². The van der Waals surface area contributed by atoms with Crippen LogP contribution >= 0.6 is 0 Å². The normalized spacial score (nSPS) is 12.8. The molecule has 0 aromatic rings. The van der Waals surface area contributed by atoms with Gasteiger partial charge in [0.1, 0.15) is 26.4 Å². The third-order valence-corrected chi connectivity index (χ3v) is 4.58. The van der Waals surface area contributed by atoms with Crippen molar-refractivity contribution in [1.82, 2.24) is 10.6 Å². The Bertz CT molecular complexity index is 761. The highest BCUT2D eigenvalue weighted by Crippen LogP contribution is 2.26. The minimum Gasteiger partial charge on any atom is -0.497 e. The Morgan fingerprint density at radius 1 is 0.829 bits per heavy atom. The first-order valence-electron chi connectivity index (χ1n) is 11.2. The van der Waals surface area contributed by atoms with Crippen molar-refractivity contribution in [3.8, 4) is 0 Å². The second-order valence-electron chi connectivity index (χ2n) is 8.77. The Labute approximate surface area is 205 Å². The molecule has 0 saturated heterocycles. The summed E-state index contributed by atoms with van der Waals surface area (Å²) in [5, 5.41) is 22.7. The lowest BCUT2D eigenvalue weighted by atomic mass is 9.82. The van der Waals surface area contributed by atoms with Crippen LogP contribution in [0, 0.1) is 11.3 Å². The first-order chi connectivity index (χ1) is 16.3. The topological polar surface area (TPSA) is 170 Å². The highest BCUT2D eigenvalue weighted by atomic mass is 16.6. The van der Waals surface area contributed by atoms with Gasteiger partial charge in [0.2, 0.25) is 0 Å². The van der Waals surface area contributed by atoms with Gasteiger partial charge in [0.25, 0.3) is 0 Å². The van der Waals surface area contributed by atoms with Gasteiger partial charge in [-0.15, -0.1) is 0 Å². The van der Waals surface area contributed by atoms with Crippen LogP contribution in [-0.4, -0.2) is 73.9 Å². The molecule has 0 aliphatic carbocycles. The predicted molar refractivity (Wildman–Crippen MR) is 126 cm³/mol. The molecule has 1 unspecified atom stereocenters. The first kappa shape index (κ1) is 31.6. The highest BCUT2D eigenvalue weighted by Gasteiger charge is 2.22. The van der Waals surface area contributed by atoms with Crippen molar-refractivity contribution in [2.75, 3.05) is 39.5 Å². The molecule has 2 amide bonds. The van der Waals surface area contributed by atoms with E-state index in [1.54, 1.807) is 0 Å². The van der Waals surface area contributed by atoms with Gasteiger partial charge in [-0.25, -0.2) is 19.2 Å². The van der Waals surface area contributed by atoms with Gasteiger partial charge in [-0.1, -0.05) is 20.8 Å². The Balaban J connectivity index is 3.98. The van der Waals surface area contributed by atoms with E-state index in [0.717, 1.165) is 18.9 Å². The largest absolute Gasteiger partial charge is 0.497 e. The smallest absolute Gasteiger partial charge is 0.407 e. The van der Waals surface area contributed by atoms with Crippen molar-refractivity contribution in [2.24, 2.45) is 11.3 Å². The molecule has 0 aromatic heterocycles. The second kappa shape index (κ2) is 17.1. The lowest BCUT2D eigenvalue weighted by molar-refractivity contribution is -0.133. The molecule has 0 bridgehead atoms. The summed E-state index contributed by atoms with van der Waals surface area (Å²) >= 11 is 0. The van der Waals surface area contributed by atoms with Crippen molar-refractivity contribution in [2.45, 2.75) is 47.5 Å². The number of ether oxygens (including phenoxy) is 4. The average molecular weight is 503 g/mol. The van der Waals surface area contributed by atoms with Gasteiger partial charge in [-0.05, 0) is 38.0 Å². The number of carbonyl (C=O) groups excluding carboxylic acids is 2. The molecule has 0 spiro atoms. The third-order valence-electron chi connectivity index (χ3n) is 4.58. The zero-order valence-electron chi connectivity index (χ0n) is 21.0. The van der Waals surface area contributed by atoms with Crippen LogP contribution in [0.3, 0.4) is 0 Å². The van der Waals surface area contributed by atoms with E-state index < -0.39 is 24.1 Å². The lowest BCUT2D eigenvalue weighted by Gasteiger charge is -2.28. The summed E-state index contributed by atoms with van der Waals surface area (Å²) in [6.07, 6.45) is 2.52. The number of carboxylic acid groups (broad SMARTS) is 2. The minimum absolute atomic E-state index is 0.00954. The number of hydrogen-bond donors (Lipinski definition) is 4. The number of nitrogens with one attached hydrogen (secondary N) is 2. The number of carbonyl (C=O) groups is 4. The molecule has 0 saturated carbocycles. The fourth-order valence-corrected chi connectivity index (χ4v) is 2.79. The Kier molecular flexibility index (Phi) is 15.4. The summed E-state index contributed by atoms with van der Waals surface area (Å²) in [6, 6.07) is 0. The summed E-state index contributed by atoms with van der Waals surface area (Å²) in [5.41, 5.74) is -0.120. The molecule has 0 fully saturated rings. The molecular weight excluding hydrogens is 464 g/mol. The van der Waals surface area contributed by atoms with Gasteiger partial charge in [0, 0.05) is 13.1 Å². The number of amides is 2. The predicted octanol–water partition coefficient (Wildman–Crippen LogP) is 2.89. The molecule has 0 aliphatic rings.